The van der Waals surface area contributed by atoms with Gasteiger partial charge in [0, 0.05) is 5.02 Å². The molecular weight excluding hydrogens is 284 g/mol. The van der Waals surface area contributed by atoms with Crippen LogP contribution in [0.3, 0.4) is 0 Å². The SMILES string of the molecule is CCCOc1cc(C)c(Cl)c(C)c1CC(C)C(CN)CN. The third-order valence-electron chi connectivity index (χ3n) is 4.17. The van der Waals surface area contributed by atoms with E-state index in [0.29, 0.717) is 24.9 Å². The Morgan fingerprint density at radius 3 is 2.38 bits per heavy atom. The lowest BCUT2D eigenvalue weighted by atomic mass is 9.86. The van der Waals surface area contributed by atoms with Gasteiger partial charge in [-0.25, -0.2) is 0 Å². The molecule has 0 fully saturated rings. The predicted molar refractivity (Wildman–Crippen MR) is 91.2 cm³/mol. The number of halogens is 1. The lowest BCUT2D eigenvalue weighted by Gasteiger charge is -2.24. The van der Waals surface area contributed by atoms with E-state index < -0.39 is 0 Å². The van der Waals surface area contributed by atoms with Gasteiger partial charge in [0.05, 0.1) is 6.61 Å². The summed E-state index contributed by atoms with van der Waals surface area (Å²) in [5.74, 6) is 1.68. The number of rotatable bonds is 8. The summed E-state index contributed by atoms with van der Waals surface area (Å²) in [6.45, 7) is 10.3. The molecule has 3 nitrogen and oxygen atoms in total. The van der Waals surface area contributed by atoms with E-state index >= 15 is 0 Å². The Labute approximate surface area is 134 Å². The minimum absolute atomic E-state index is 0.323. The fourth-order valence-corrected chi connectivity index (χ4v) is 2.77. The van der Waals surface area contributed by atoms with Crippen LogP contribution in [0.1, 0.15) is 37.0 Å². The van der Waals surface area contributed by atoms with Crippen LogP contribution < -0.4 is 16.2 Å². The zero-order valence-corrected chi connectivity index (χ0v) is 14.5. The van der Waals surface area contributed by atoms with Crippen LogP contribution in [0.2, 0.25) is 5.02 Å². The molecule has 0 aliphatic carbocycles. The Bertz CT molecular complexity index is 459. The van der Waals surface area contributed by atoms with Crippen molar-refractivity contribution in [3.8, 4) is 5.75 Å². The van der Waals surface area contributed by atoms with Gasteiger partial charge in [-0.2, -0.15) is 0 Å². The summed E-state index contributed by atoms with van der Waals surface area (Å²) in [4.78, 5) is 0. The minimum Gasteiger partial charge on any atom is -0.493 e. The van der Waals surface area contributed by atoms with Gasteiger partial charge in [-0.05, 0) is 74.4 Å². The lowest BCUT2D eigenvalue weighted by molar-refractivity contribution is 0.307. The predicted octanol–water partition coefficient (Wildman–Crippen LogP) is 3.46. The smallest absolute Gasteiger partial charge is 0.123 e. The van der Waals surface area contributed by atoms with Crippen molar-refractivity contribution in [1.82, 2.24) is 0 Å². The molecule has 0 heterocycles. The van der Waals surface area contributed by atoms with Gasteiger partial charge in [-0.15, -0.1) is 0 Å². The van der Waals surface area contributed by atoms with E-state index in [1.807, 2.05) is 13.0 Å². The van der Waals surface area contributed by atoms with Crippen molar-refractivity contribution in [3.05, 3.63) is 27.8 Å². The summed E-state index contributed by atoms with van der Waals surface area (Å²) in [5, 5.41) is 0.832. The first kappa shape index (κ1) is 18.3. The fraction of sp³-hybridized carbons (Fsp3) is 0.647. The molecule has 0 spiro atoms. The van der Waals surface area contributed by atoms with Crippen LogP contribution in [0, 0.1) is 25.7 Å². The zero-order chi connectivity index (χ0) is 16.0. The molecule has 4 N–H and O–H groups in total. The van der Waals surface area contributed by atoms with E-state index in [1.54, 1.807) is 0 Å². The summed E-state index contributed by atoms with van der Waals surface area (Å²) in [6.07, 6.45) is 1.88. The fourth-order valence-electron chi connectivity index (χ4n) is 2.60. The van der Waals surface area contributed by atoms with Crippen molar-refractivity contribution in [1.29, 1.82) is 0 Å². The van der Waals surface area contributed by atoms with Crippen LogP contribution in [0.15, 0.2) is 6.07 Å². The maximum atomic E-state index is 6.41. The Morgan fingerprint density at radius 2 is 1.86 bits per heavy atom. The molecule has 1 rings (SSSR count). The van der Waals surface area contributed by atoms with Gasteiger partial charge in [-0.3, -0.25) is 0 Å². The Morgan fingerprint density at radius 1 is 1.24 bits per heavy atom. The summed E-state index contributed by atoms with van der Waals surface area (Å²) in [7, 11) is 0. The summed E-state index contributed by atoms with van der Waals surface area (Å²) < 4.78 is 5.93. The Balaban J connectivity index is 3.10. The number of nitrogens with two attached hydrogens (primary N) is 2. The molecule has 0 saturated carbocycles. The van der Waals surface area contributed by atoms with Crippen LogP contribution >= 0.6 is 11.6 Å². The molecule has 0 aliphatic heterocycles. The van der Waals surface area contributed by atoms with Crippen molar-refractivity contribution in [2.45, 2.75) is 40.5 Å². The normalized spacial score (nSPS) is 12.8. The van der Waals surface area contributed by atoms with Crippen molar-refractivity contribution in [2.24, 2.45) is 23.3 Å². The average molecular weight is 313 g/mol. The van der Waals surface area contributed by atoms with Crippen molar-refractivity contribution in [3.63, 3.8) is 0 Å². The standard InChI is InChI=1S/C17H29ClN2O/c1-5-6-21-16-8-12(3)17(18)13(4)15(16)7-11(2)14(9-19)10-20/h8,11,14H,5-7,9-10,19-20H2,1-4H3. The number of hydrogen-bond donors (Lipinski definition) is 2. The molecule has 1 aromatic rings. The summed E-state index contributed by atoms with van der Waals surface area (Å²) >= 11 is 6.41. The highest BCUT2D eigenvalue weighted by atomic mass is 35.5. The van der Waals surface area contributed by atoms with E-state index in [2.05, 4.69) is 20.8 Å². The largest absolute Gasteiger partial charge is 0.493 e. The Hall–Kier alpha value is -0.770. The van der Waals surface area contributed by atoms with E-state index in [0.717, 1.165) is 41.3 Å². The molecule has 0 amide bonds. The van der Waals surface area contributed by atoms with E-state index in [9.17, 15) is 0 Å². The van der Waals surface area contributed by atoms with Crippen molar-refractivity contribution in [2.75, 3.05) is 19.7 Å². The van der Waals surface area contributed by atoms with Crippen LogP contribution in [0.4, 0.5) is 0 Å². The van der Waals surface area contributed by atoms with Gasteiger partial charge in [0.1, 0.15) is 5.75 Å². The monoisotopic (exact) mass is 312 g/mol. The molecule has 0 radical (unpaired) electrons. The molecule has 1 atom stereocenters. The molecule has 21 heavy (non-hydrogen) atoms. The van der Waals surface area contributed by atoms with Crippen LogP contribution in [-0.2, 0) is 6.42 Å². The average Bonchev–Trinajstić information content (AvgIpc) is 2.47. The molecule has 0 aromatic heterocycles. The first-order valence-electron chi connectivity index (χ1n) is 7.77. The first-order valence-corrected chi connectivity index (χ1v) is 8.15. The second-order valence-electron chi connectivity index (χ2n) is 5.87. The molecular formula is C17H29ClN2O. The van der Waals surface area contributed by atoms with Gasteiger partial charge in [0.2, 0.25) is 0 Å². The molecule has 120 valence electrons. The second-order valence-corrected chi connectivity index (χ2v) is 6.25. The van der Waals surface area contributed by atoms with Gasteiger partial charge < -0.3 is 16.2 Å². The third-order valence-corrected chi connectivity index (χ3v) is 4.75. The van der Waals surface area contributed by atoms with Gasteiger partial charge >= 0.3 is 0 Å². The van der Waals surface area contributed by atoms with Gasteiger partial charge in [0.25, 0.3) is 0 Å². The first-order chi connectivity index (χ1) is 9.96. The van der Waals surface area contributed by atoms with Crippen LogP contribution in [0.25, 0.3) is 0 Å². The number of ether oxygens (including phenoxy) is 1. The quantitative estimate of drug-likeness (QED) is 0.772. The summed E-state index contributed by atoms with van der Waals surface area (Å²) in [6, 6.07) is 2.05. The highest BCUT2D eigenvalue weighted by Gasteiger charge is 2.20. The van der Waals surface area contributed by atoms with Crippen LogP contribution in [0.5, 0.6) is 5.75 Å². The molecule has 0 saturated heterocycles. The summed E-state index contributed by atoms with van der Waals surface area (Å²) in [5.41, 5.74) is 15.0. The maximum Gasteiger partial charge on any atom is 0.123 e. The topological polar surface area (TPSA) is 61.3 Å². The molecule has 0 bridgehead atoms. The van der Waals surface area contributed by atoms with Gasteiger partial charge in [-0.1, -0.05) is 25.4 Å². The van der Waals surface area contributed by atoms with E-state index in [1.165, 1.54) is 5.56 Å². The third kappa shape index (κ3) is 4.60. The number of aryl methyl sites for hydroxylation is 1. The zero-order valence-electron chi connectivity index (χ0n) is 13.7. The van der Waals surface area contributed by atoms with E-state index in [-0.39, 0.29) is 0 Å². The molecule has 0 aliphatic rings. The second kappa shape index (κ2) is 8.62. The molecule has 1 unspecified atom stereocenters. The van der Waals surface area contributed by atoms with Gasteiger partial charge in [0.15, 0.2) is 0 Å². The maximum absolute atomic E-state index is 6.41. The molecule has 4 heteroatoms. The number of hydrogen-bond acceptors (Lipinski definition) is 3. The van der Waals surface area contributed by atoms with Crippen LogP contribution in [-0.4, -0.2) is 19.7 Å². The molecule has 1 aromatic carbocycles. The minimum atomic E-state index is 0.323. The highest BCUT2D eigenvalue weighted by Crippen LogP contribution is 2.34. The Kier molecular flexibility index (Phi) is 7.50. The van der Waals surface area contributed by atoms with E-state index in [4.69, 9.17) is 27.8 Å². The lowest BCUT2D eigenvalue weighted by Crippen LogP contribution is -2.30. The van der Waals surface area contributed by atoms with Crippen molar-refractivity contribution < 1.29 is 4.74 Å². The highest BCUT2D eigenvalue weighted by molar-refractivity contribution is 6.32. The van der Waals surface area contributed by atoms with Crippen molar-refractivity contribution >= 4 is 11.6 Å². The number of benzene rings is 1.